The normalized spacial score (nSPS) is 17.2. The first-order chi connectivity index (χ1) is 12.4. The van der Waals surface area contributed by atoms with E-state index in [0.29, 0.717) is 24.6 Å². The van der Waals surface area contributed by atoms with Gasteiger partial charge < -0.3 is 10.2 Å². The third-order valence-electron chi connectivity index (χ3n) is 4.75. The van der Waals surface area contributed by atoms with Gasteiger partial charge in [0.2, 0.25) is 10.0 Å². The molecule has 1 heterocycles. The van der Waals surface area contributed by atoms with Crippen molar-refractivity contribution in [3.8, 4) is 0 Å². The van der Waals surface area contributed by atoms with Gasteiger partial charge in [0.05, 0.1) is 4.90 Å². The van der Waals surface area contributed by atoms with Gasteiger partial charge in [-0.3, -0.25) is 4.79 Å². The molecule has 1 aromatic rings. The first kappa shape index (κ1) is 23.9. The highest BCUT2D eigenvalue weighted by Gasteiger charge is 2.27. The predicted octanol–water partition coefficient (Wildman–Crippen LogP) is 2.60. The molecule has 1 aliphatic rings. The number of hydrogen-bond acceptors (Lipinski definition) is 4. The van der Waals surface area contributed by atoms with Crippen LogP contribution in [0.5, 0.6) is 0 Å². The van der Waals surface area contributed by atoms with Crippen molar-refractivity contribution in [2.24, 2.45) is 5.92 Å². The van der Waals surface area contributed by atoms with Crippen LogP contribution in [-0.2, 0) is 10.0 Å². The van der Waals surface area contributed by atoms with Gasteiger partial charge in [0.1, 0.15) is 0 Å². The van der Waals surface area contributed by atoms with E-state index in [0.717, 1.165) is 38.9 Å². The number of amides is 1. The van der Waals surface area contributed by atoms with Crippen LogP contribution in [0.15, 0.2) is 29.2 Å². The molecule has 1 amide bonds. The number of nitrogens with one attached hydrogen (secondary N) is 1. The monoisotopic (exact) mass is 417 g/mol. The largest absolute Gasteiger partial charge is 0.338 e. The number of likely N-dealkylation sites (tertiary alicyclic amines) is 1. The SMILES string of the molecule is CCCN(CCC)S(=O)(=O)c1ccc(C(=O)N2CCC(CNC)C2)cc1.Cl. The summed E-state index contributed by atoms with van der Waals surface area (Å²) in [4.78, 5) is 14.8. The van der Waals surface area contributed by atoms with E-state index in [4.69, 9.17) is 0 Å². The first-order valence-electron chi connectivity index (χ1n) is 9.48. The summed E-state index contributed by atoms with van der Waals surface area (Å²) in [5.41, 5.74) is 0.548. The molecule has 154 valence electrons. The minimum absolute atomic E-state index is 0. The van der Waals surface area contributed by atoms with Gasteiger partial charge in [-0.15, -0.1) is 12.4 Å². The number of sulfonamides is 1. The van der Waals surface area contributed by atoms with Gasteiger partial charge in [-0.25, -0.2) is 8.42 Å². The summed E-state index contributed by atoms with van der Waals surface area (Å²) in [6, 6.07) is 6.39. The quantitative estimate of drug-likeness (QED) is 0.670. The van der Waals surface area contributed by atoms with Crippen molar-refractivity contribution in [1.82, 2.24) is 14.5 Å². The van der Waals surface area contributed by atoms with Crippen molar-refractivity contribution in [2.45, 2.75) is 38.0 Å². The van der Waals surface area contributed by atoms with E-state index in [-0.39, 0.29) is 23.2 Å². The Morgan fingerprint density at radius 1 is 1.19 bits per heavy atom. The minimum atomic E-state index is -3.50. The van der Waals surface area contributed by atoms with Gasteiger partial charge in [0.15, 0.2) is 0 Å². The molecule has 2 rings (SSSR count). The fraction of sp³-hybridized carbons (Fsp3) is 0.632. The van der Waals surface area contributed by atoms with Crippen molar-refractivity contribution < 1.29 is 13.2 Å². The van der Waals surface area contributed by atoms with E-state index in [1.165, 1.54) is 4.31 Å². The molecule has 0 aliphatic carbocycles. The molecule has 6 nitrogen and oxygen atoms in total. The molecule has 0 bridgehead atoms. The molecule has 1 aromatic carbocycles. The molecular formula is C19H32ClN3O3S. The summed E-state index contributed by atoms with van der Waals surface area (Å²) < 4.78 is 27.1. The van der Waals surface area contributed by atoms with Crippen LogP contribution in [0, 0.1) is 5.92 Å². The molecule has 0 radical (unpaired) electrons. The van der Waals surface area contributed by atoms with Crippen molar-refractivity contribution >= 4 is 28.3 Å². The van der Waals surface area contributed by atoms with E-state index >= 15 is 0 Å². The maximum atomic E-state index is 12.8. The van der Waals surface area contributed by atoms with Gasteiger partial charge in [-0.05, 0) is 63.0 Å². The third kappa shape index (κ3) is 5.91. The number of rotatable bonds is 9. The van der Waals surface area contributed by atoms with Gasteiger partial charge in [0.25, 0.3) is 5.91 Å². The zero-order chi connectivity index (χ0) is 19.2. The fourth-order valence-corrected chi connectivity index (χ4v) is 5.05. The van der Waals surface area contributed by atoms with Crippen molar-refractivity contribution in [3.05, 3.63) is 29.8 Å². The Kier molecular flexibility index (Phi) is 9.73. The maximum Gasteiger partial charge on any atom is 0.253 e. The van der Waals surface area contributed by atoms with Crippen molar-refractivity contribution in [1.29, 1.82) is 0 Å². The van der Waals surface area contributed by atoms with Crippen LogP contribution < -0.4 is 5.32 Å². The molecular weight excluding hydrogens is 386 g/mol. The summed E-state index contributed by atoms with van der Waals surface area (Å²) in [5.74, 6) is 0.465. The molecule has 0 aromatic heterocycles. The zero-order valence-electron chi connectivity index (χ0n) is 16.5. The molecule has 1 saturated heterocycles. The second-order valence-electron chi connectivity index (χ2n) is 6.89. The zero-order valence-corrected chi connectivity index (χ0v) is 18.1. The number of hydrogen-bond donors (Lipinski definition) is 1. The Bertz CT molecular complexity index is 689. The molecule has 1 unspecified atom stereocenters. The standard InChI is InChI=1S/C19H31N3O3S.ClH/c1-4-11-22(12-5-2)26(24,25)18-8-6-17(7-9-18)19(23)21-13-10-16(15-21)14-20-3;/h6-9,16,20H,4-5,10-15H2,1-3H3;1H. The highest BCUT2D eigenvalue weighted by atomic mass is 35.5. The van der Waals surface area contributed by atoms with Gasteiger partial charge in [-0.2, -0.15) is 4.31 Å². The second-order valence-corrected chi connectivity index (χ2v) is 8.83. The molecule has 1 atom stereocenters. The fourth-order valence-electron chi connectivity index (χ4n) is 3.42. The number of carbonyl (C=O) groups is 1. The third-order valence-corrected chi connectivity index (χ3v) is 6.66. The highest BCUT2D eigenvalue weighted by molar-refractivity contribution is 7.89. The number of carbonyl (C=O) groups excluding carboxylic acids is 1. The van der Waals surface area contributed by atoms with E-state index in [1.54, 1.807) is 24.3 Å². The smallest absolute Gasteiger partial charge is 0.253 e. The van der Waals surface area contributed by atoms with Crippen LogP contribution >= 0.6 is 12.4 Å². The summed E-state index contributed by atoms with van der Waals surface area (Å²) in [5, 5.41) is 3.15. The molecule has 8 heteroatoms. The molecule has 0 saturated carbocycles. The molecule has 27 heavy (non-hydrogen) atoms. The minimum Gasteiger partial charge on any atom is -0.338 e. The number of benzene rings is 1. The van der Waals surface area contributed by atoms with Crippen molar-refractivity contribution in [2.75, 3.05) is 39.8 Å². The lowest BCUT2D eigenvalue weighted by molar-refractivity contribution is 0.0787. The van der Waals surface area contributed by atoms with Crippen molar-refractivity contribution in [3.63, 3.8) is 0 Å². The second kappa shape index (κ2) is 11.0. The van der Waals surface area contributed by atoms with Gasteiger partial charge in [0, 0.05) is 31.7 Å². The first-order valence-corrected chi connectivity index (χ1v) is 10.9. The van der Waals surface area contributed by atoms with E-state index in [2.05, 4.69) is 5.32 Å². The average molecular weight is 418 g/mol. The van der Waals surface area contributed by atoms with Gasteiger partial charge >= 0.3 is 0 Å². The summed E-state index contributed by atoms with van der Waals surface area (Å²) in [6.07, 6.45) is 2.55. The van der Waals surface area contributed by atoms with Crippen LogP contribution in [-0.4, -0.2) is 63.3 Å². The molecule has 1 fully saturated rings. The average Bonchev–Trinajstić information content (AvgIpc) is 3.10. The highest BCUT2D eigenvalue weighted by Crippen LogP contribution is 2.21. The van der Waals surface area contributed by atoms with Crippen LogP contribution in [0.1, 0.15) is 43.5 Å². The Balaban J connectivity index is 0.00000364. The summed E-state index contributed by atoms with van der Waals surface area (Å²) in [6.45, 7) is 7.38. The topological polar surface area (TPSA) is 69.7 Å². The summed E-state index contributed by atoms with van der Waals surface area (Å²) >= 11 is 0. The molecule has 1 N–H and O–H groups in total. The number of halogens is 1. The Hall–Kier alpha value is -1.15. The lowest BCUT2D eigenvalue weighted by atomic mass is 10.1. The molecule has 0 spiro atoms. The number of nitrogens with zero attached hydrogens (tertiary/aromatic N) is 2. The molecule has 1 aliphatic heterocycles. The van der Waals surface area contributed by atoms with Crippen LogP contribution in [0.2, 0.25) is 0 Å². The summed E-state index contributed by atoms with van der Waals surface area (Å²) in [7, 11) is -1.58. The Labute approximate surface area is 169 Å². The Morgan fingerprint density at radius 2 is 1.78 bits per heavy atom. The van der Waals surface area contributed by atoms with E-state index in [9.17, 15) is 13.2 Å². The van der Waals surface area contributed by atoms with E-state index < -0.39 is 10.0 Å². The van der Waals surface area contributed by atoms with Crippen LogP contribution in [0.4, 0.5) is 0 Å². The van der Waals surface area contributed by atoms with Crippen LogP contribution in [0.3, 0.4) is 0 Å². The van der Waals surface area contributed by atoms with Gasteiger partial charge in [-0.1, -0.05) is 13.8 Å². The lowest BCUT2D eigenvalue weighted by Crippen LogP contribution is -2.33. The Morgan fingerprint density at radius 3 is 2.30 bits per heavy atom. The van der Waals surface area contributed by atoms with E-state index in [1.807, 2.05) is 25.8 Å². The van der Waals surface area contributed by atoms with Crippen LogP contribution in [0.25, 0.3) is 0 Å². The maximum absolute atomic E-state index is 12.8. The predicted molar refractivity (Wildman–Crippen MR) is 111 cm³/mol. The lowest BCUT2D eigenvalue weighted by Gasteiger charge is -2.21.